The molecule has 2 N–H and O–H groups in total. The van der Waals surface area contributed by atoms with Crippen LogP contribution in [0, 0.1) is 0 Å². The van der Waals surface area contributed by atoms with Gasteiger partial charge in [0.2, 0.25) is 0 Å². The molecule has 15 heavy (non-hydrogen) atoms. The third kappa shape index (κ3) is 2.12. The second kappa shape index (κ2) is 3.81. The zero-order valence-corrected chi connectivity index (χ0v) is 8.83. The van der Waals surface area contributed by atoms with Crippen LogP contribution >= 0.6 is 0 Å². The standard InChI is InChI=1S/C12H16FNO/c1-12(13)5-6-14-8-11(12)9-3-2-4-10(15)7-9/h2-4,7,11,14-15H,5-6,8H2,1H3. The second-order valence-corrected chi connectivity index (χ2v) is 4.38. The van der Waals surface area contributed by atoms with Crippen molar-refractivity contribution < 1.29 is 9.50 Å². The van der Waals surface area contributed by atoms with E-state index in [-0.39, 0.29) is 11.7 Å². The first-order chi connectivity index (χ1) is 7.09. The molecule has 1 aromatic rings. The maximum atomic E-state index is 14.2. The maximum Gasteiger partial charge on any atom is 0.117 e. The molecular formula is C12H16FNO. The number of nitrogens with one attached hydrogen (secondary N) is 1. The van der Waals surface area contributed by atoms with Gasteiger partial charge in [0.1, 0.15) is 11.4 Å². The summed E-state index contributed by atoms with van der Waals surface area (Å²) in [7, 11) is 0. The summed E-state index contributed by atoms with van der Waals surface area (Å²) >= 11 is 0. The van der Waals surface area contributed by atoms with E-state index in [1.807, 2.05) is 6.07 Å². The van der Waals surface area contributed by atoms with Crippen molar-refractivity contribution in [2.45, 2.75) is 24.9 Å². The van der Waals surface area contributed by atoms with E-state index in [1.54, 1.807) is 25.1 Å². The predicted molar refractivity (Wildman–Crippen MR) is 57.8 cm³/mol. The zero-order valence-electron chi connectivity index (χ0n) is 8.83. The lowest BCUT2D eigenvalue weighted by molar-refractivity contribution is 0.110. The highest BCUT2D eigenvalue weighted by Crippen LogP contribution is 2.36. The molecule has 3 heteroatoms. The van der Waals surface area contributed by atoms with Crippen molar-refractivity contribution in [2.75, 3.05) is 13.1 Å². The molecule has 1 aliphatic heterocycles. The molecule has 0 amide bonds. The molecular weight excluding hydrogens is 193 g/mol. The van der Waals surface area contributed by atoms with Crippen LogP contribution < -0.4 is 5.32 Å². The summed E-state index contributed by atoms with van der Waals surface area (Å²) < 4.78 is 14.2. The van der Waals surface area contributed by atoms with Crippen LogP contribution in [0.5, 0.6) is 5.75 Å². The first-order valence-electron chi connectivity index (χ1n) is 5.28. The number of phenolic OH excluding ortho intramolecular Hbond substituents is 1. The third-order valence-electron chi connectivity index (χ3n) is 3.14. The first kappa shape index (κ1) is 10.4. The van der Waals surface area contributed by atoms with Gasteiger partial charge in [0.15, 0.2) is 0 Å². The molecule has 0 spiro atoms. The minimum absolute atomic E-state index is 0.168. The van der Waals surface area contributed by atoms with Gasteiger partial charge in [0.05, 0.1) is 0 Å². The fourth-order valence-electron chi connectivity index (χ4n) is 2.17. The van der Waals surface area contributed by atoms with E-state index in [1.165, 1.54) is 0 Å². The van der Waals surface area contributed by atoms with Crippen LogP contribution in [-0.2, 0) is 0 Å². The number of alkyl halides is 1. The number of benzene rings is 1. The number of rotatable bonds is 1. The molecule has 1 saturated heterocycles. The molecule has 1 aromatic carbocycles. The number of phenols is 1. The van der Waals surface area contributed by atoms with Gasteiger partial charge in [-0.05, 0) is 37.6 Å². The van der Waals surface area contributed by atoms with E-state index in [0.29, 0.717) is 13.0 Å². The van der Waals surface area contributed by atoms with Crippen LogP contribution in [0.2, 0.25) is 0 Å². The minimum Gasteiger partial charge on any atom is -0.508 e. The van der Waals surface area contributed by atoms with Crippen LogP contribution in [-0.4, -0.2) is 23.9 Å². The Kier molecular flexibility index (Phi) is 2.65. The molecule has 1 aliphatic rings. The normalized spacial score (nSPS) is 31.5. The quantitative estimate of drug-likeness (QED) is 0.743. The van der Waals surface area contributed by atoms with Gasteiger partial charge in [-0.3, -0.25) is 0 Å². The Balaban J connectivity index is 2.29. The van der Waals surface area contributed by atoms with Crippen molar-refractivity contribution in [3.8, 4) is 5.75 Å². The predicted octanol–water partition coefficient (Wildman–Crippen LogP) is 2.20. The summed E-state index contributed by atoms with van der Waals surface area (Å²) in [6.45, 7) is 3.00. The molecule has 1 fully saturated rings. The number of hydrogen-bond acceptors (Lipinski definition) is 2. The fourth-order valence-corrected chi connectivity index (χ4v) is 2.17. The SMILES string of the molecule is CC1(F)CCNCC1c1cccc(O)c1. The molecule has 1 heterocycles. The largest absolute Gasteiger partial charge is 0.508 e. The molecule has 2 rings (SSSR count). The number of aromatic hydroxyl groups is 1. The number of halogens is 1. The molecule has 2 atom stereocenters. The molecule has 0 aromatic heterocycles. The van der Waals surface area contributed by atoms with Gasteiger partial charge in [-0.1, -0.05) is 12.1 Å². The average Bonchev–Trinajstić information content (AvgIpc) is 2.17. The van der Waals surface area contributed by atoms with Gasteiger partial charge in [0, 0.05) is 12.5 Å². The van der Waals surface area contributed by atoms with E-state index >= 15 is 0 Å². The Hall–Kier alpha value is -1.09. The number of hydrogen-bond donors (Lipinski definition) is 2. The fraction of sp³-hybridized carbons (Fsp3) is 0.500. The van der Waals surface area contributed by atoms with Crippen LogP contribution in [0.1, 0.15) is 24.8 Å². The highest BCUT2D eigenvalue weighted by Gasteiger charge is 2.37. The van der Waals surface area contributed by atoms with Crippen molar-refractivity contribution in [2.24, 2.45) is 0 Å². The van der Waals surface area contributed by atoms with Crippen LogP contribution in [0.3, 0.4) is 0 Å². The van der Waals surface area contributed by atoms with Crippen molar-refractivity contribution >= 4 is 0 Å². The van der Waals surface area contributed by atoms with Gasteiger partial charge in [-0.25, -0.2) is 4.39 Å². The van der Waals surface area contributed by atoms with Crippen LogP contribution in [0.25, 0.3) is 0 Å². The Morgan fingerprint density at radius 3 is 3.00 bits per heavy atom. The lowest BCUT2D eigenvalue weighted by Crippen LogP contribution is -2.43. The summed E-state index contributed by atoms with van der Waals surface area (Å²) in [6.07, 6.45) is 0.521. The summed E-state index contributed by atoms with van der Waals surface area (Å²) in [4.78, 5) is 0. The average molecular weight is 209 g/mol. The van der Waals surface area contributed by atoms with Gasteiger partial charge >= 0.3 is 0 Å². The lowest BCUT2D eigenvalue weighted by Gasteiger charge is -2.35. The summed E-state index contributed by atoms with van der Waals surface area (Å²) in [5, 5.41) is 12.6. The van der Waals surface area contributed by atoms with E-state index in [4.69, 9.17) is 0 Å². The zero-order chi connectivity index (χ0) is 10.9. The number of piperidine rings is 1. The minimum atomic E-state index is -1.18. The topological polar surface area (TPSA) is 32.3 Å². The summed E-state index contributed by atoms with van der Waals surface area (Å²) in [5.41, 5.74) is -0.314. The van der Waals surface area contributed by atoms with Crippen molar-refractivity contribution in [3.05, 3.63) is 29.8 Å². The lowest BCUT2D eigenvalue weighted by atomic mass is 9.80. The highest BCUT2D eigenvalue weighted by molar-refractivity contribution is 5.32. The van der Waals surface area contributed by atoms with Crippen LogP contribution in [0.4, 0.5) is 4.39 Å². The third-order valence-corrected chi connectivity index (χ3v) is 3.14. The van der Waals surface area contributed by atoms with Crippen molar-refractivity contribution in [1.82, 2.24) is 5.32 Å². The molecule has 2 unspecified atom stereocenters. The maximum absolute atomic E-state index is 14.2. The highest BCUT2D eigenvalue weighted by atomic mass is 19.1. The Morgan fingerprint density at radius 2 is 2.33 bits per heavy atom. The second-order valence-electron chi connectivity index (χ2n) is 4.38. The summed E-state index contributed by atoms with van der Waals surface area (Å²) in [5.74, 6) is 0.0345. The molecule has 0 aliphatic carbocycles. The Morgan fingerprint density at radius 1 is 1.53 bits per heavy atom. The smallest absolute Gasteiger partial charge is 0.117 e. The molecule has 2 nitrogen and oxygen atoms in total. The van der Waals surface area contributed by atoms with Gasteiger partial charge in [-0.2, -0.15) is 0 Å². The van der Waals surface area contributed by atoms with Gasteiger partial charge in [-0.15, -0.1) is 0 Å². The Labute approximate surface area is 89.1 Å². The first-order valence-corrected chi connectivity index (χ1v) is 5.28. The van der Waals surface area contributed by atoms with Gasteiger partial charge in [0.25, 0.3) is 0 Å². The van der Waals surface area contributed by atoms with E-state index in [9.17, 15) is 9.50 Å². The molecule has 82 valence electrons. The van der Waals surface area contributed by atoms with Gasteiger partial charge < -0.3 is 10.4 Å². The monoisotopic (exact) mass is 209 g/mol. The molecule has 0 bridgehead atoms. The Bertz CT molecular complexity index is 351. The molecule has 0 saturated carbocycles. The van der Waals surface area contributed by atoms with E-state index < -0.39 is 5.67 Å². The van der Waals surface area contributed by atoms with Crippen LogP contribution in [0.15, 0.2) is 24.3 Å². The molecule has 0 radical (unpaired) electrons. The van der Waals surface area contributed by atoms with Crippen molar-refractivity contribution in [1.29, 1.82) is 0 Å². The van der Waals surface area contributed by atoms with E-state index in [0.717, 1.165) is 12.1 Å². The van der Waals surface area contributed by atoms with Crippen molar-refractivity contribution in [3.63, 3.8) is 0 Å². The van der Waals surface area contributed by atoms with E-state index in [2.05, 4.69) is 5.32 Å². The summed E-state index contributed by atoms with van der Waals surface area (Å²) in [6, 6.07) is 6.88.